The number of para-hydroxylation sites is 2. The summed E-state index contributed by atoms with van der Waals surface area (Å²) in [6.07, 6.45) is 0.615. The number of anilines is 1. The Hall–Kier alpha value is -4.19. The number of nitro benzene ring substituents is 1. The van der Waals surface area contributed by atoms with Crippen LogP contribution in [0.4, 0.5) is 10.7 Å². The molecule has 3 rings (SSSR count). The average molecular weight is 516 g/mol. The molecule has 11 nitrogen and oxygen atoms in total. The number of esters is 1. The molecule has 190 valence electrons. The first-order valence-electron chi connectivity index (χ1n) is 10.9. The van der Waals surface area contributed by atoms with Crippen molar-refractivity contribution in [1.29, 1.82) is 0 Å². The van der Waals surface area contributed by atoms with Gasteiger partial charge in [-0.15, -0.1) is 11.3 Å². The first-order valence-corrected chi connectivity index (χ1v) is 11.7. The average Bonchev–Trinajstić information content (AvgIpc) is 3.45. The van der Waals surface area contributed by atoms with Crippen molar-refractivity contribution in [2.45, 2.75) is 26.9 Å². The highest BCUT2D eigenvalue weighted by Gasteiger charge is 2.28. The van der Waals surface area contributed by atoms with E-state index in [4.69, 9.17) is 13.9 Å². The molecular formula is C24H25N3O8S. The highest BCUT2D eigenvalue weighted by molar-refractivity contribution is 7.18. The number of carbonyl (C=O) groups is 3. The Morgan fingerprint density at radius 3 is 2.56 bits per heavy atom. The zero-order valence-electron chi connectivity index (χ0n) is 20.2. The third-order valence-corrected chi connectivity index (χ3v) is 6.13. The first-order chi connectivity index (χ1) is 17.1. The van der Waals surface area contributed by atoms with Gasteiger partial charge < -0.3 is 24.1 Å². The second-order valence-electron chi connectivity index (χ2n) is 7.83. The number of thiophene rings is 1. The lowest BCUT2D eigenvalue weighted by Gasteiger charge is -2.09. The number of carbonyl (C=O) groups excluding carboxylic acids is 3. The number of hydrogen-bond donors (Lipinski definition) is 1. The molecule has 0 bridgehead atoms. The molecule has 0 atom stereocenters. The van der Waals surface area contributed by atoms with Gasteiger partial charge in [0.25, 0.3) is 11.8 Å². The number of ether oxygens (including phenoxy) is 2. The van der Waals surface area contributed by atoms with Crippen LogP contribution in [0.5, 0.6) is 5.75 Å². The fourth-order valence-electron chi connectivity index (χ4n) is 3.14. The Kier molecular flexibility index (Phi) is 8.43. The molecule has 0 aliphatic rings. The van der Waals surface area contributed by atoms with Crippen molar-refractivity contribution in [3.05, 3.63) is 74.0 Å². The van der Waals surface area contributed by atoms with Gasteiger partial charge in [0.15, 0.2) is 11.5 Å². The van der Waals surface area contributed by atoms with Gasteiger partial charge in [0, 0.05) is 20.2 Å². The molecule has 36 heavy (non-hydrogen) atoms. The summed E-state index contributed by atoms with van der Waals surface area (Å²) in [6.45, 7) is 3.52. The van der Waals surface area contributed by atoms with E-state index < -0.39 is 16.8 Å². The maximum Gasteiger partial charge on any atom is 0.341 e. The van der Waals surface area contributed by atoms with Gasteiger partial charge in [-0.25, -0.2) is 4.79 Å². The minimum Gasteiger partial charge on any atom is -0.479 e. The van der Waals surface area contributed by atoms with Crippen LogP contribution in [0.15, 0.2) is 40.8 Å². The molecule has 0 radical (unpaired) electrons. The minimum absolute atomic E-state index is 0.0623. The molecule has 0 saturated carbocycles. The van der Waals surface area contributed by atoms with Crippen molar-refractivity contribution < 1.29 is 33.2 Å². The van der Waals surface area contributed by atoms with Gasteiger partial charge in [-0.3, -0.25) is 19.7 Å². The number of nitro groups is 1. The lowest BCUT2D eigenvalue weighted by atomic mass is 10.1. The minimum atomic E-state index is -0.651. The number of benzene rings is 1. The highest BCUT2D eigenvalue weighted by Crippen LogP contribution is 2.35. The van der Waals surface area contributed by atoms with E-state index in [9.17, 15) is 24.5 Å². The van der Waals surface area contributed by atoms with Gasteiger partial charge in [0.2, 0.25) is 0 Å². The van der Waals surface area contributed by atoms with Crippen molar-refractivity contribution in [3.8, 4) is 5.75 Å². The summed E-state index contributed by atoms with van der Waals surface area (Å²) in [5.74, 6) is -1.36. The Labute approximate surface area is 210 Å². The van der Waals surface area contributed by atoms with E-state index in [0.29, 0.717) is 16.9 Å². The molecule has 2 amide bonds. The summed E-state index contributed by atoms with van der Waals surface area (Å²) in [4.78, 5) is 50.4. The van der Waals surface area contributed by atoms with Gasteiger partial charge in [-0.2, -0.15) is 0 Å². The van der Waals surface area contributed by atoms with Gasteiger partial charge in [0.05, 0.1) is 22.0 Å². The molecule has 2 aromatic heterocycles. The van der Waals surface area contributed by atoms with Crippen LogP contribution in [-0.4, -0.2) is 48.3 Å². The maximum absolute atomic E-state index is 12.9. The fourth-order valence-corrected chi connectivity index (χ4v) is 4.35. The summed E-state index contributed by atoms with van der Waals surface area (Å²) >= 11 is 0.972. The van der Waals surface area contributed by atoms with Crippen molar-refractivity contribution in [1.82, 2.24) is 4.90 Å². The maximum atomic E-state index is 12.9. The van der Waals surface area contributed by atoms with Crippen molar-refractivity contribution in [2.24, 2.45) is 0 Å². The third kappa shape index (κ3) is 5.89. The molecule has 0 unspecified atom stereocenters. The largest absolute Gasteiger partial charge is 0.479 e. The van der Waals surface area contributed by atoms with Gasteiger partial charge >= 0.3 is 11.7 Å². The molecule has 0 spiro atoms. The van der Waals surface area contributed by atoms with E-state index in [-0.39, 0.29) is 52.6 Å². The fraction of sp³-hybridized carbons (Fsp3) is 0.292. The van der Waals surface area contributed by atoms with Crippen LogP contribution in [0.2, 0.25) is 0 Å². The summed E-state index contributed by atoms with van der Waals surface area (Å²) in [5.41, 5.74) is 0.326. The molecule has 1 N–H and O–H groups in total. The van der Waals surface area contributed by atoms with Gasteiger partial charge in [-0.1, -0.05) is 19.1 Å². The van der Waals surface area contributed by atoms with Crippen LogP contribution in [0.25, 0.3) is 0 Å². The Bertz CT molecular complexity index is 1290. The van der Waals surface area contributed by atoms with Gasteiger partial charge in [-0.05, 0) is 37.1 Å². The summed E-state index contributed by atoms with van der Waals surface area (Å²) in [5, 5.41) is 13.9. The summed E-state index contributed by atoms with van der Waals surface area (Å²) < 4.78 is 16.3. The van der Waals surface area contributed by atoms with Crippen LogP contribution in [0.3, 0.4) is 0 Å². The van der Waals surface area contributed by atoms with Crippen LogP contribution in [0, 0.1) is 17.0 Å². The second kappa shape index (κ2) is 11.5. The van der Waals surface area contributed by atoms with Crippen LogP contribution >= 0.6 is 11.3 Å². The SMILES string of the molecule is CCCOC(=O)c1c(NC(=O)c2ccc(COc3ccccc3[N+](=O)[O-])o2)sc(C(=O)N(C)C)c1C. The third-order valence-electron chi connectivity index (χ3n) is 4.93. The molecule has 1 aromatic carbocycles. The highest BCUT2D eigenvalue weighted by atomic mass is 32.1. The molecule has 3 aromatic rings. The van der Waals surface area contributed by atoms with E-state index in [0.717, 1.165) is 11.3 Å². The molecular weight excluding hydrogens is 490 g/mol. The van der Waals surface area contributed by atoms with E-state index >= 15 is 0 Å². The Morgan fingerprint density at radius 1 is 1.17 bits per heavy atom. The molecule has 2 heterocycles. The van der Waals surface area contributed by atoms with Crippen molar-refractivity contribution >= 4 is 39.8 Å². The smallest absolute Gasteiger partial charge is 0.341 e. The van der Waals surface area contributed by atoms with Crippen molar-refractivity contribution in [2.75, 3.05) is 26.0 Å². The molecule has 0 aliphatic carbocycles. The molecule has 12 heteroatoms. The van der Waals surface area contributed by atoms with Crippen LogP contribution in [-0.2, 0) is 11.3 Å². The zero-order chi connectivity index (χ0) is 26.4. The van der Waals surface area contributed by atoms with Crippen molar-refractivity contribution in [3.63, 3.8) is 0 Å². The van der Waals surface area contributed by atoms with Crippen LogP contribution < -0.4 is 10.1 Å². The summed E-state index contributed by atoms with van der Waals surface area (Å²) in [7, 11) is 3.18. The quantitative estimate of drug-likeness (QED) is 0.233. The Balaban J connectivity index is 1.79. The molecule has 0 aliphatic heterocycles. The number of amides is 2. The molecule has 0 fully saturated rings. The first kappa shape index (κ1) is 26.4. The number of rotatable bonds is 10. The van der Waals surface area contributed by atoms with E-state index in [1.807, 2.05) is 6.92 Å². The topological polar surface area (TPSA) is 141 Å². The lowest BCUT2D eigenvalue weighted by Crippen LogP contribution is -2.21. The Morgan fingerprint density at radius 2 is 1.89 bits per heavy atom. The zero-order valence-corrected chi connectivity index (χ0v) is 21.0. The number of nitrogens with zero attached hydrogens (tertiary/aromatic N) is 2. The lowest BCUT2D eigenvalue weighted by molar-refractivity contribution is -0.386. The van der Waals surface area contributed by atoms with Crippen LogP contribution in [0.1, 0.15) is 55.3 Å². The number of hydrogen-bond acceptors (Lipinski definition) is 9. The van der Waals surface area contributed by atoms with Gasteiger partial charge in [0.1, 0.15) is 17.4 Å². The van der Waals surface area contributed by atoms with E-state index in [1.165, 1.54) is 35.2 Å². The van der Waals surface area contributed by atoms with E-state index in [2.05, 4.69) is 5.32 Å². The number of nitrogens with one attached hydrogen (secondary N) is 1. The standard InChI is InChI=1S/C24H25N3O8S/c1-5-12-33-24(30)19-14(2)20(23(29)26(3)4)36-22(19)25-21(28)18-11-10-15(35-18)13-34-17-9-7-6-8-16(17)27(31)32/h6-11H,5,12-13H2,1-4H3,(H,25,28). The second-order valence-corrected chi connectivity index (χ2v) is 8.85. The number of furan rings is 1. The predicted molar refractivity (Wildman–Crippen MR) is 132 cm³/mol. The predicted octanol–water partition coefficient (Wildman–Crippen LogP) is 4.66. The normalized spacial score (nSPS) is 10.6. The monoisotopic (exact) mass is 515 g/mol. The van der Waals surface area contributed by atoms with E-state index in [1.54, 1.807) is 27.1 Å². The molecule has 0 saturated heterocycles. The summed E-state index contributed by atoms with van der Waals surface area (Å²) in [6, 6.07) is 8.81.